The van der Waals surface area contributed by atoms with E-state index in [0.717, 1.165) is 58.0 Å². The first kappa shape index (κ1) is 18.9. The van der Waals surface area contributed by atoms with Crippen molar-refractivity contribution in [1.29, 1.82) is 0 Å². The van der Waals surface area contributed by atoms with E-state index in [1.165, 1.54) is 4.31 Å². The lowest BCUT2D eigenvalue weighted by atomic mass is 10.1. The van der Waals surface area contributed by atoms with Gasteiger partial charge in [0.25, 0.3) is 10.2 Å². The molecule has 21 heavy (non-hydrogen) atoms. The smallest absolute Gasteiger partial charge is 0.281 e. The van der Waals surface area contributed by atoms with Crippen LogP contribution in [0.25, 0.3) is 0 Å². The number of nitrogens with zero attached hydrogens (tertiary/aromatic N) is 2. The molecule has 0 radical (unpaired) electrons. The van der Waals surface area contributed by atoms with Gasteiger partial charge in [0.05, 0.1) is 0 Å². The minimum atomic E-state index is -3.30. The van der Waals surface area contributed by atoms with E-state index < -0.39 is 10.2 Å². The van der Waals surface area contributed by atoms with Gasteiger partial charge in [-0.05, 0) is 45.2 Å². The van der Waals surface area contributed by atoms with Crippen molar-refractivity contribution >= 4 is 10.2 Å². The lowest BCUT2D eigenvalue weighted by Gasteiger charge is -2.32. The van der Waals surface area contributed by atoms with Crippen molar-refractivity contribution < 1.29 is 8.42 Å². The number of hydrogen-bond acceptors (Lipinski definition) is 3. The first-order chi connectivity index (χ1) is 10.0. The summed E-state index contributed by atoms with van der Waals surface area (Å²) in [5.74, 6) is 0. The predicted octanol–water partition coefficient (Wildman–Crippen LogP) is 2.21. The van der Waals surface area contributed by atoms with Crippen LogP contribution in [0.2, 0.25) is 0 Å². The molecule has 1 rings (SSSR count). The molecule has 1 aliphatic heterocycles. The molecular weight excluding hydrogens is 286 g/mol. The van der Waals surface area contributed by atoms with E-state index in [2.05, 4.69) is 19.2 Å². The van der Waals surface area contributed by atoms with Gasteiger partial charge in [0, 0.05) is 26.2 Å². The number of nitrogens with one attached hydrogen (secondary N) is 1. The van der Waals surface area contributed by atoms with Gasteiger partial charge >= 0.3 is 0 Å². The van der Waals surface area contributed by atoms with E-state index in [9.17, 15) is 8.42 Å². The Balaban J connectivity index is 2.55. The second-order valence-corrected chi connectivity index (χ2v) is 7.94. The summed E-state index contributed by atoms with van der Waals surface area (Å²) < 4.78 is 28.8. The fourth-order valence-corrected chi connectivity index (χ4v) is 4.59. The number of rotatable bonds is 9. The van der Waals surface area contributed by atoms with Gasteiger partial charge in [-0.2, -0.15) is 17.0 Å². The lowest BCUT2D eigenvalue weighted by Crippen LogP contribution is -2.47. The van der Waals surface area contributed by atoms with Crippen LogP contribution in [-0.4, -0.2) is 56.3 Å². The summed E-state index contributed by atoms with van der Waals surface area (Å²) in [4.78, 5) is 0. The van der Waals surface area contributed by atoms with Crippen LogP contribution in [-0.2, 0) is 10.2 Å². The fourth-order valence-electron chi connectivity index (χ4n) is 2.89. The second kappa shape index (κ2) is 9.77. The number of hydrogen-bond donors (Lipinski definition) is 1. The van der Waals surface area contributed by atoms with Crippen LogP contribution in [0.5, 0.6) is 0 Å². The first-order valence-corrected chi connectivity index (χ1v) is 9.87. The van der Waals surface area contributed by atoms with Gasteiger partial charge in [-0.1, -0.05) is 26.7 Å². The van der Waals surface area contributed by atoms with Crippen molar-refractivity contribution in [3.8, 4) is 0 Å². The summed E-state index contributed by atoms with van der Waals surface area (Å²) in [5, 5.41) is 3.32. The van der Waals surface area contributed by atoms with Crippen LogP contribution in [0.4, 0.5) is 0 Å². The van der Waals surface area contributed by atoms with E-state index in [1.807, 2.05) is 0 Å². The largest absolute Gasteiger partial charge is 0.317 e. The third-order valence-corrected chi connectivity index (χ3v) is 6.28. The van der Waals surface area contributed by atoms with E-state index in [-0.39, 0.29) is 6.04 Å². The maximum atomic E-state index is 12.8. The van der Waals surface area contributed by atoms with Crippen LogP contribution < -0.4 is 5.32 Å². The Bertz CT molecular complexity index is 373. The van der Waals surface area contributed by atoms with E-state index in [0.29, 0.717) is 13.1 Å². The Hall–Kier alpha value is -0.170. The average Bonchev–Trinajstić information content (AvgIpc) is 2.72. The van der Waals surface area contributed by atoms with Crippen LogP contribution in [0.3, 0.4) is 0 Å². The Morgan fingerprint density at radius 3 is 2.62 bits per heavy atom. The molecule has 1 unspecified atom stereocenters. The normalized spacial score (nSPS) is 21.6. The van der Waals surface area contributed by atoms with Gasteiger partial charge < -0.3 is 5.32 Å². The molecule has 126 valence electrons. The summed E-state index contributed by atoms with van der Waals surface area (Å²) in [6.07, 6.45) is 7.16. The third-order valence-electron chi connectivity index (χ3n) is 4.24. The predicted molar refractivity (Wildman–Crippen MR) is 88.6 cm³/mol. The average molecular weight is 320 g/mol. The molecule has 0 bridgehead atoms. The maximum Gasteiger partial charge on any atom is 0.281 e. The quantitative estimate of drug-likeness (QED) is 0.663. The molecule has 1 fully saturated rings. The summed E-state index contributed by atoms with van der Waals surface area (Å²) in [7, 11) is -1.59. The fraction of sp³-hybridized carbons (Fsp3) is 1.00. The molecule has 6 heteroatoms. The first-order valence-electron chi connectivity index (χ1n) is 8.47. The van der Waals surface area contributed by atoms with E-state index in [4.69, 9.17) is 0 Å². The molecule has 0 amide bonds. The molecule has 0 aliphatic carbocycles. The molecule has 1 heterocycles. The molecule has 5 nitrogen and oxygen atoms in total. The van der Waals surface area contributed by atoms with Crippen molar-refractivity contribution in [2.45, 2.75) is 64.8 Å². The van der Waals surface area contributed by atoms with Crippen LogP contribution in [0.15, 0.2) is 0 Å². The molecule has 0 aromatic rings. The monoisotopic (exact) mass is 319 g/mol. The molecule has 0 aromatic carbocycles. The SMILES string of the molecule is CCCNCCCN(C)S(=O)(=O)N1CCCCCC1CC. The molecule has 1 saturated heterocycles. The van der Waals surface area contributed by atoms with Crippen molar-refractivity contribution in [1.82, 2.24) is 13.9 Å². The zero-order valence-electron chi connectivity index (χ0n) is 14.0. The van der Waals surface area contributed by atoms with Gasteiger partial charge in [-0.25, -0.2) is 0 Å². The molecule has 0 aromatic heterocycles. The van der Waals surface area contributed by atoms with Gasteiger partial charge in [0.2, 0.25) is 0 Å². The minimum Gasteiger partial charge on any atom is -0.317 e. The van der Waals surface area contributed by atoms with Gasteiger partial charge in [-0.15, -0.1) is 0 Å². The zero-order chi connectivity index (χ0) is 15.7. The van der Waals surface area contributed by atoms with Gasteiger partial charge in [0.1, 0.15) is 0 Å². The summed E-state index contributed by atoms with van der Waals surface area (Å²) >= 11 is 0. The summed E-state index contributed by atoms with van der Waals surface area (Å²) in [6, 6.07) is 0.179. The molecule has 1 N–H and O–H groups in total. The Kier molecular flexibility index (Phi) is 8.78. The molecular formula is C15H33N3O2S. The molecule has 1 aliphatic rings. The van der Waals surface area contributed by atoms with Crippen molar-refractivity contribution in [3.63, 3.8) is 0 Å². The zero-order valence-corrected chi connectivity index (χ0v) is 14.8. The molecule has 0 saturated carbocycles. The van der Waals surface area contributed by atoms with Crippen LogP contribution in [0, 0.1) is 0 Å². The molecule has 1 atom stereocenters. The van der Waals surface area contributed by atoms with Crippen molar-refractivity contribution in [3.05, 3.63) is 0 Å². The van der Waals surface area contributed by atoms with E-state index in [1.54, 1.807) is 11.4 Å². The van der Waals surface area contributed by atoms with Crippen LogP contribution >= 0.6 is 0 Å². The highest BCUT2D eigenvalue weighted by Gasteiger charge is 2.32. The van der Waals surface area contributed by atoms with Crippen molar-refractivity contribution in [2.75, 3.05) is 33.2 Å². The lowest BCUT2D eigenvalue weighted by molar-refractivity contribution is 0.288. The highest BCUT2D eigenvalue weighted by atomic mass is 32.2. The van der Waals surface area contributed by atoms with Gasteiger partial charge in [0.15, 0.2) is 0 Å². The Morgan fingerprint density at radius 1 is 1.19 bits per heavy atom. The Labute approximate surface area is 131 Å². The minimum absolute atomic E-state index is 0.179. The maximum absolute atomic E-state index is 12.8. The highest BCUT2D eigenvalue weighted by Crippen LogP contribution is 2.23. The molecule has 0 spiro atoms. The highest BCUT2D eigenvalue weighted by molar-refractivity contribution is 7.86. The van der Waals surface area contributed by atoms with Crippen molar-refractivity contribution in [2.24, 2.45) is 0 Å². The second-order valence-electron chi connectivity index (χ2n) is 5.95. The topological polar surface area (TPSA) is 52.7 Å². The summed E-state index contributed by atoms with van der Waals surface area (Å²) in [5.41, 5.74) is 0. The standard InChI is InChI=1S/C15H33N3O2S/c1-4-11-16-12-9-13-17(3)21(19,20)18-14-8-6-7-10-15(18)5-2/h15-16H,4-14H2,1-3H3. The Morgan fingerprint density at radius 2 is 1.95 bits per heavy atom. The third kappa shape index (κ3) is 5.85. The van der Waals surface area contributed by atoms with Crippen LogP contribution in [0.1, 0.15) is 58.8 Å². The summed E-state index contributed by atoms with van der Waals surface area (Å²) in [6.45, 7) is 7.37. The van der Waals surface area contributed by atoms with Gasteiger partial charge in [-0.3, -0.25) is 0 Å². The van der Waals surface area contributed by atoms with E-state index >= 15 is 0 Å².